The minimum absolute atomic E-state index is 0.00328. The molecule has 8 heteroatoms. The maximum Gasteiger partial charge on any atom is 0.166 e. The lowest BCUT2D eigenvalue weighted by molar-refractivity contribution is 0.0878. The number of benzene rings is 1. The van der Waals surface area contributed by atoms with Crippen molar-refractivity contribution in [1.82, 2.24) is 24.6 Å². The summed E-state index contributed by atoms with van der Waals surface area (Å²) in [6, 6.07) is 11.0. The van der Waals surface area contributed by atoms with Crippen molar-refractivity contribution >= 4 is 5.82 Å². The highest BCUT2D eigenvalue weighted by Crippen LogP contribution is 2.56. The highest BCUT2D eigenvalue weighted by molar-refractivity contribution is 5.75. The smallest absolute Gasteiger partial charge is 0.166 e. The predicted molar refractivity (Wildman–Crippen MR) is 140 cm³/mol. The van der Waals surface area contributed by atoms with Gasteiger partial charge in [-0.15, -0.1) is 0 Å². The van der Waals surface area contributed by atoms with Crippen molar-refractivity contribution in [1.29, 1.82) is 0 Å². The predicted octanol–water partition coefficient (Wildman–Crippen LogP) is 4.92. The molecule has 3 aliphatic rings. The summed E-state index contributed by atoms with van der Waals surface area (Å²) in [4.78, 5) is 11.7. The van der Waals surface area contributed by atoms with Crippen molar-refractivity contribution in [2.24, 2.45) is 0 Å². The minimum Gasteiger partial charge on any atom is -0.482 e. The van der Waals surface area contributed by atoms with Gasteiger partial charge in [0.15, 0.2) is 11.6 Å². The summed E-state index contributed by atoms with van der Waals surface area (Å²) in [5.41, 5.74) is 14.3. The first-order chi connectivity index (χ1) is 17.9. The van der Waals surface area contributed by atoms with Crippen LogP contribution in [0.4, 0.5) is 10.2 Å². The zero-order valence-electron chi connectivity index (χ0n) is 21.2. The Balaban J connectivity index is 1.58. The van der Waals surface area contributed by atoms with Gasteiger partial charge in [0.25, 0.3) is 0 Å². The number of hydrogen-bond acceptors (Lipinski definition) is 6. The van der Waals surface area contributed by atoms with Gasteiger partial charge in [0.1, 0.15) is 11.9 Å². The fourth-order valence-corrected chi connectivity index (χ4v) is 6.79. The molecular formula is C29H29FN6O. The Morgan fingerprint density at radius 2 is 2.00 bits per heavy atom. The third-order valence-corrected chi connectivity index (χ3v) is 8.26. The van der Waals surface area contributed by atoms with E-state index in [-0.39, 0.29) is 17.2 Å². The average molecular weight is 497 g/mol. The van der Waals surface area contributed by atoms with E-state index in [9.17, 15) is 4.39 Å². The maximum absolute atomic E-state index is 14.6. The summed E-state index contributed by atoms with van der Waals surface area (Å²) in [6.07, 6.45) is 4.12. The van der Waals surface area contributed by atoms with Crippen LogP contribution in [-0.2, 0) is 12.0 Å². The molecule has 2 N–H and O–H groups in total. The van der Waals surface area contributed by atoms with Crippen molar-refractivity contribution in [3.63, 3.8) is 0 Å². The molecule has 2 bridgehead atoms. The van der Waals surface area contributed by atoms with Crippen LogP contribution in [0.25, 0.3) is 22.5 Å². The monoisotopic (exact) mass is 496 g/mol. The summed E-state index contributed by atoms with van der Waals surface area (Å²) in [5.74, 6) is 0.561. The van der Waals surface area contributed by atoms with Gasteiger partial charge in [0.2, 0.25) is 0 Å². The standard InChI is InChI=1S/C29H29FN6O/c1-4-36-26-17-10-23(28(31)33-13-17)37-16(2)21-11-18(30)7-8-20(21)25-19(6-5-9-32-25)22-12-29(14-35(3)15-29)27(34-36)24(22)26/h5-11,13,16,22H,4,12,14-15H2,1-3H3,(H2,31,33)/t16-,22?/m1/s1. The van der Waals surface area contributed by atoms with E-state index in [1.807, 2.05) is 37.5 Å². The van der Waals surface area contributed by atoms with Crippen molar-refractivity contribution in [3.05, 3.63) is 77.0 Å². The molecule has 2 atom stereocenters. The number of pyridine rings is 2. The van der Waals surface area contributed by atoms with Crippen LogP contribution in [0, 0.1) is 5.82 Å². The van der Waals surface area contributed by atoms with Crippen LogP contribution in [0.3, 0.4) is 0 Å². The van der Waals surface area contributed by atoms with E-state index >= 15 is 0 Å². The number of anilines is 1. The fourth-order valence-electron chi connectivity index (χ4n) is 6.79. The molecule has 2 aliphatic heterocycles. The summed E-state index contributed by atoms with van der Waals surface area (Å²) in [6.45, 7) is 6.71. The summed E-state index contributed by atoms with van der Waals surface area (Å²) in [5, 5.41) is 5.21. The van der Waals surface area contributed by atoms with Gasteiger partial charge in [-0.1, -0.05) is 6.07 Å². The summed E-state index contributed by atoms with van der Waals surface area (Å²) in [7, 11) is 2.16. The van der Waals surface area contributed by atoms with E-state index in [0.29, 0.717) is 11.6 Å². The van der Waals surface area contributed by atoms with Crippen LogP contribution in [0.5, 0.6) is 5.75 Å². The molecule has 0 amide bonds. The minimum atomic E-state index is -0.472. The van der Waals surface area contributed by atoms with E-state index in [4.69, 9.17) is 20.6 Å². The molecule has 0 radical (unpaired) electrons. The van der Waals surface area contributed by atoms with Crippen molar-refractivity contribution < 1.29 is 9.13 Å². The van der Waals surface area contributed by atoms with E-state index < -0.39 is 6.10 Å². The highest BCUT2D eigenvalue weighted by Gasteiger charge is 2.54. The van der Waals surface area contributed by atoms with Crippen molar-refractivity contribution in [2.75, 3.05) is 25.9 Å². The van der Waals surface area contributed by atoms with Gasteiger partial charge in [0, 0.05) is 65.6 Å². The Morgan fingerprint density at radius 3 is 2.78 bits per heavy atom. The van der Waals surface area contributed by atoms with Gasteiger partial charge in [-0.2, -0.15) is 5.10 Å². The first kappa shape index (κ1) is 22.4. The third-order valence-electron chi connectivity index (χ3n) is 8.26. The van der Waals surface area contributed by atoms with E-state index in [1.54, 1.807) is 6.07 Å². The van der Waals surface area contributed by atoms with Crippen molar-refractivity contribution in [2.45, 2.75) is 44.2 Å². The zero-order valence-corrected chi connectivity index (χ0v) is 21.2. The third kappa shape index (κ3) is 3.18. The number of aromatic nitrogens is 4. The Hall–Kier alpha value is -3.78. The molecular weight excluding hydrogens is 467 g/mol. The second kappa shape index (κ2) is 7.86. The molecule has 5 heterocycles. The van der Waals surface area contributed by atoms with Crippen LogP contribution >= 0.6 is 0 Å². The fraction of sp³-hybridized carbons (Fsp3) is 0.345. The largest absolute Gasteiger partial charge is 0.482 e. The molecule has 1 aliphatic carbocycles. The van der Waals surface area contributed by atoms with Gasteiger partial charge >= 0.3 is 0 Å². The van der Waals surface area contributed by atoms with E-state index in [0.717, 1.165) is 59.7 Å². The number of nitrogens with two attached hydrogens (primary N) is 1. The number of nitrogen functional groups attached to an aromatic ring is 1. The summed E-state index contributed by atoms with van der Waals surface area (Å²) >= 11 is 0. The van der Waals surface area contributed by atoms with E-state index in [1.165, 1.54) is 17.3 Å². The zero-order chi connectivity index (χ0) is 25.5. The lowest BCUT2D eigenvalue weighted by Gasteiger charge is -2.46. The first-order valence-corrected chi connectivity index (χ1v) is 12.9. The molecule has 1 saturated heterocycles. The van der Waals surface area contributed by atoms with Gasteiger partial charge in [-0.05, 0) is 63.2 Å². The van der Waals surface area contributed by atoms with Crippen LogP contribution in [0.15, 0.2) is 48.8 Å². The maximum atomic E-state index is 14.6. The lowest BCUT2D eigenvalue weighted by Crippen LogP contribution is -2.56. The molecule has 1 unspecified atom stereocenters. The number of nitrogens with zero attached hydrogens (tertiary/aromatic N) is 5. The molecule has 1 aromatic carbocycles. The molecule has 1 fully saturated rings. The van der Waals surface area contributed by atoms with Gasteiger partial charge in [0.05, 0.1) is 17.1 Å². The summed E-state index contributed by atoms with van der Waals surface area (Å²) < 4.78 is 23.0. The second-order valence-electron chi connectivity index (χ2n) is 10.7. The topological polar surface area (TPSA) is 82.1 Å². The number of likely N-dealkylation sites (tertiary alicyclic amines) is 1. The van der Waals surface area contributed by atoms with E-state index in [2.05, 4.69) is 34.6 Å². The number of halogens is 1. The number of likely N-dealkylation sites (N-methyl/N-ethyl adjacent to an activating group) is 1. The average Bonchev–Trinajstić information content (AvgIpc) is 3.40. The Morgan fingerprint density at radius 1 is 1.16 bits per heavy atom. The molecule has 1 spiro atoms. The normalized spacial score (nSPS) is 21.2. The lowest BCUT2D eigenvalue weighted by atomic mass is 9.76. The molecule has 188 valence electrons. The van der Waals surface area contributed by atoms with Gasteiger partial charge < -0.3 is 15.4 Å². The number of fused-ring (bicyclic) bond motifs is 8. The Labute approximate surface area is 215 Å². The number of hydrogen-bond donors (Lipinski definition) is 1. The van der Waals surface area contributed by atoms with Gasteiger partial charge in [-0.25, -0.2) is 9.37 Å². The molecule has 7 nitrogen and oxygen atoms in total. The molecule has 4 aromatic rings. The Kier molecular flexibility index (Phi) is 4.76. The molecule has 0 saturated carbocycles. The number of ether oxygens (including phenoxy) is 1. The molecule has 7 rings (SSSR count). The molecule has 37 heavy (non-hydrogen) atoms. The van der Waals surface area contributed by atoms with Crippen LogP contribution in [0.2, 0.25) is 0 Å². The SMILES string of the molecule is CCn1nc2c3c1-c1cnc(N)c(c1)O[C@H](C)c1cc(F)ccc1-c1ncccc1C3CC21CN(C)C1. The van der Waals surface area contributed by atoms with Crippen LogP contribution < -0.4 is 10.5 Å². The Bertz CT molecular complexity index is 1560. The molecule has 3 aromatic heterocycles. The quantitative estimate of drug-likeness (QED) is 0.403. The highest BCUT2D eigenvalue weighted by atomic mass is 19.1. The van der Waals surface area contributed by atoms with Gasteiger partial charge in [-0.3, -0.25) is 9.67 Å². The number of rotatable bonds is 1. The van der Waals surface area contributed by atoms with Crippen LogP contribution in [-0.4, -0.2) is 44.8 Å². The van der Waals surface area contributed by atoms with Crippen LogP contribution in [0.1, 0.15) is 54.7 Å². The first-order valence-electron chi connectivity index (χ1n) is 12.9. The van der Waals surface area contributed by atoms with Crippen molar-refractivity contribution in [3.8, 4) is 28.3 Å². The number of aryl methyl sites for hydroxylation is 1. The second-order valence-corrected chi connectivity index (χ2v) is 10.7.